The quantitative estimate of drug-likeness (QED) is 0.587. The largest absolute Gasteiger partial charge is 0.464 e. The molecule has 0 saturated heterocycles. The third-order valence-electron chi connectivity index (χ3n) is 4.15. The van der Waals surface area contributed by atoms with Crippen molar-refractivity contribution in [3.05, 3.63) is 58.1 Å². The van der Waals surface area contributed by atoms with Crippen LogP contribution in [0.4, 0.5) is 18.0 Å². The molecule has 10 heteroatoms. The Morgan fingerprint density at radius 2 is 1.90 bits per heavy atom. The molecule has 0 aliphatic carbocycles. The fourth-order valence-corrected chi connectivity index (χ4v) is 3.23. The van der Waals surface area contributed by atoms with Crippen LogP contribution in [0.25, 0.3) is 0 Å². The van der Waals surface area contributed by atoms with E-state index < -0.39 is 47.6 Å². The van der Waals surface area contributed by atoms with Crippen molar-refractivity contribution < 1.29 is 32.2 Å². The molecule has 2 rings (SSSR count). The van der Waals surface area contributed by atoms with Gasteiger partial charge in [0.15, 0.2) is 0 Å². The molecule has 1 amide bonds. The summed E-state index contributed by atoms with van der Waals surface area (Å²) in [5.41, 5.74) is -4.03. The number of benzene rings is 1. The van der Waals surface area contributed by atoms with E-state index in [0.717, 1.165) is 23.8 Å². The molecule has 1 unspecified atom stereocenters. The number of hydrogen-bond acceptors (Lipinski definition) is 4. The van der Waals surface area contributed by atoms with E-state index in [2.05, 4.69) is 26.0 Å². The molecule has 1 atom stereocenters. The number of rotatable bonds is 6. The van der Waals surface area contributed by atoms with Gasteiger partial charge in [-0.25, -0.2) is 22.8 Å². The molecule has 1 N–H and O–H groups in total. The van der Waals surface area contributed by atoms with Crippen LogP contribution in [-0.2, 0) is 21.6 Å². The number of nitrogens with zero attached hydrogens (tertiary/aromatic N) is 1. The molecule has 0 bridgehead atoms. The van der Waals surface area contributed by atoms with Gasteiger partial charge in [0.25, 0.3) is 6.43 Å². The molecule has 0 spiro atoms. The predicted octanol–water partition coefficient (Wildman–Crippen LogP) is 4.86. The zero-order chi connectivity index (χ0) is 22.7. The minimum atomic E-state index is -3.26. The fraction of sp³-hybridized carbons (Fsp3) is 0.400. The summed E-state index contributed by atoms with van der Waals surface area (Å²) in [6.07, 6.45) is -3.06. The van der Waals surface area contributed by atoms with Crippen LogP contribution in [0.1, 0.15) is 36.8 Å². The molecule has 0 saturated carbocycles. The van der Waals surface area contributed by atoms with Gasteiger partial charge < -0.3 is 19.4 Å². The summed E-state index contributed by atoms with van der Waals surface area (Å²) in [7, 11) is 1.15. The van der Waals surface area contributed by atoms with E-state index in [1.54, 1.807) is 20.8 Å². The third-order valence-corrected chi connectivity index (χ3v) is 4.64. The van der Waals surface area contributed by atoms with Crippen molar-refractivity contribution >= 4 is 28.0 Å². The standard InChI is InChI=1S/C20H22BrF3N2O4/c1-19(2,3)30-18(28)25-20(17(23)24,13-10-12(21)7-8-14(13)22)11-26-9-5-6-15(26)16(27)29-4/h5-10,17H,11H2,1-4H3,(H,25,28). The molecule has 30 heavy (non-hydrogen) atoms. The smallest absolute Gasteiger partial charge is 0.408 e. The minimum Gasteiger partial charge on any atom is -0.464 e. The van der Waals surface area contributed by atoms with E-state index in [1.807, 2.05) is 0 Å². The summed E-state index contributed by atoms with van der Waals surface area (Å²) in [5, 5.41) is 2.15. The summed E-state index contributed by atoms with van der Waals surface area (Å²) in [5.74, 6) is -1.73. The molecule has 1 aromatic carbocycles. The Hall–Kier alpha value is -2.49. The van der Waals surface area contributed by atoms with Crippen LogP contribution >= 0.6 is 15.9 Å². The first-order valence-corrected chi connectivity index (χ1v) is 9.67. The van der Waals surface area contributed by atoms with Crippen molar-refractivity contribution in [1.82, 2.24) is 9.88 Å². The maximum Gasteiger partial charge on any atom is 0.408 e. The normalized spacial score (nSPS) is 13.6. The molecule has 2 aromatic rings. The third kappa shape index (κ3) is 5.35. The van der Waals surface area contributed by atoms with Gasteiger partial charge in [-0.3, -0.25) is 0 Å². The van der Waals surface area contributed by atoms with Gasteiger partial charge in [-0.15, -0.1) is 0 Å². The van der Waals surface area contributed by atoms with E-state index in [4.69, 9.17) is 4.74 Å². The minimum absolute atomic E-state index is 0.0380. The van der Waals surface area contributed by atoms with Crippen molar-refractivity contribution in [2.45, 2.75) is 44.9 Å². The van der Waals surface area contributed by atoms with Crippen molar-refractivity contribution in [3.8, 4) is 0 Å². The molecular formula is C20H22BrF3N2O4. The van der Waals surface area contributed by atoms with Crippen LogP contribution in [0, 0.1) is 5.82 Å². The highest BCUT2D eigenvalue weighted by molar-refractivity contribution is 9.10. The number of nitrogens with one attached hydrogen (secondary N) is 1. The van der Waals surface area contributed by atoms with Crippen molar-refractivity contribution in [2.24, 2.45) is 0 Å². The number of halogens is 4. The Bertz CT molecular complexity index is 927. The molecule has 0 aliphatic heterocycles. The number of esters is 1. The van der Waals surface area contributed by atoms with Crippen molar-refractivity contribution in [1.29, 1.82) is 0 Å². The molecule has 164 valence electrons. The number of aromatic nitrogens is 1. The van der Waals surface area contributed by atoms with Gasteiger partial charge in [0.1, 0.15) is 22.7 Å². The topological polar surface area (TPSA) is 69.6 Å². The second-order valence-corrected chi connectivity index (χ2v) is 8.45. The summed E-state index contributed by atoms with van der Waals surface area (Å²) in [6, 6.07) is 6.32. The van der Waals surface area contributed by atoms with Gasteiger partial charge in [-0.05, 0) is 51.1 Å². The number of carbonyl (C=O) groups is 2. The lowest BCUT2D eigenvalue weighted by molar-refractivity contribution is -0.00473. The lowest BCUT2D eigenvalue weighted by Crippen LogP contribution is -2.55. The Labute approximate surface area is 180 Å². The number of ether oxygens (including phenoxy) is 2. The fourth-order valence-electron chi connectivity index (χ4n) is 2.87. The summed E-state index contributed by atoms with van der Waals surface area (Å²) < 4.78 is 55.2. The molecule has 0 fully saturated rings. The maximum absolute atomic E-state index is 14.7. The van der Waals surface area contributed by atoms with Crippen LogP contribution in [0.5, 0.6) is 0 Å². The number of alkyl carbamates (subject to hydrolysis) is 1. The zero-order valence-corrected chi connectivity index (χ0v) is 18.4. The van der Waals surface area contributed by atoms with Gasteiger partial charge >= 0.3 is 12.1 Å². The number of amides is 1. The van der Waals surface area contributed by atoms with Gasteiger partial charge in [0, 0.05) is 16.2 Å². The SMILES string of the molecule is COC(=O)c1cccn1CC(NC(=O)OC(C)(C)C)(c1cc(Br)ccc1F)C(F)F. The average molecular weight is 491 g/mol. The second kappa shape index (κ2) is 9.11. The molecule has 1 heterocycles. The van der Waals surface area contributed by atoms with Gasteiger partial charge in [-0.2, -0.15) is 0 Å². The van der Waals surface area contributed by atoms with Crippen LogP contribution in [0.2, 0.25) is 0 Å². The number of carbonyl (C=O) groups excluding carboxylic acids is 2. The van der Waals surface area contributed by atoms with Crippen molar-refractivity contribution in [2.75, 3.05) is 7.11 Å². The Morgan fingerprint density at radius 1 is 1.23 bits per heavy atom. The van der Waals surface area contributed by atoms with Gasteiger partial charge in [-0.1, -0.05) is 15.9 Å². The van der Waals surface area contributed by atoms with Crippen LogP contribution in [-0.4, -0.2) is 35.8 Å². The van der Waals surface area contributed by atoms with E-state index in [-0.39, 0.29) is 5.69 Å². The van der Waals surface area contributed by atoms with Crippen LogP contribution in [0.3, 0.4) is 0 Å². The van der Waals surface area contributed by atoms with E-state index in [1.165, 1.54) is 24.4 Å². The maximum atomic E-state index is 14.7. The Balaban J connectivity index is 2.63. The van der Waals surface area contributed by atoms with E-state index >= 15 is 0 Å². The first kappa shape index (κ1) is 23.8. The highest BCUT2D eigenvalue weighted by Gasteiger charge is 2.47. The monoisotopic (exact) mass is 490 g/mol. The zero-order valence-electron chi connectivity index (χ0n) is 16.8. The number of alkyl halides is 2. The number of methoxy groups -OCH3 is 1. The lowest BCUT2D eigenvalue weighted by atomic mass is 9.89. The average Bonchev–Trinajstić information content (AvgIpc) is 3.08. The lowest BCUT2D eigenvalue weighted by Gasteiger charge is -2.36. The molecule has 1 aromatic heterocycles. The second-order valence-electron chi connectivity index (χ2n) is 7.54. The highest BCUT2D eigenvalue weighted by Crippen LogP contribution is 2.35. The summed E-state index contributed by atoms with van der Waals surface area (Å²) in [4.78, 5) is 24.4. The van der Waals surface area contributed by atoms with Gasteiger partial charge in [0.2, 0.25) is 0 Å². The summed E-state index contributed by atoms with van der Waals surface area (Å²) in [6.45, 7) is 4.04. The Morgan fingerprint density at radius 3 is 2.47 bits per heavy atom. The molecule has 6 nitrogen and oxygen atoms in total. The first-order chi connectivity index (χ1) is 13.9. The first-order valence-electron chi connectivity index (χ1n) is 8.88. The molecule has 0 aliphatic rings. The van der Waals surface area contributed by atoms with Crippen LogP contribution < -0.4 is 5.32 Å². The van der Waals surface area contributed by atoms with Crippen LogP contribution in [0.15, 0.2) is 41.0 Å². The van der Waals surface area contributed by atoms with E-state index in [9.17, 15) is 22.8 Å². The Kier molecular flexibility index (Phi) is 7.23. The number of hydrogen-bond donors (Lipinski definition) is 1. The highest BCUT2D eigenvalue weighted by atomic mass is 79.9. The molecular weight excluding hydrogens is 469 g/mol. The molecule has 0 radical (unpaired) electrons. The predicted molar refractivity (Wildman–Crippen MR) is 107 cm³/mol. The summed E-state index contributed by atoms with van der Waals surface area (Å²) >= 11 is 3.14. The van der Waals surface area contributed by atoms with E-state index in [0.29, 0.717) is 4.47 Å². The van der Waals surface area contributed by atoms with Crippen molar-refractivity contribution in [3.63, 3.8) is 0 Å². The van der Waals surface area contributed by atoms with Gasteiger partial charge in [0.05, 0.1) is 13.7 Å².